The number of anilines is 1. The van der Waals surface area contributed by atoms with E-state index in [4.69, 9.17) is 10.8 Å². The Morgan fingerprint density at radius 1 is 1.47 bits per heavy atom. The first-order chi connectivity index (χ1) is 8.86. The Labute approximate surface area is 108 Å². The number of carbonyl (C=O) groups is 2. The minimum atomic E-state index is -1.42. The zero-order valence-corrected chi connectivity index (χ0v) is 10.1. The summed E-state index contributed by atoms with van der Waals surface area (Å²) in [6, 6.07) is 1.18. The van der Waals surface area contributed by atoms with Crippen molar-refractivity contribution >= 4 is 17.6 Å². The number of nitrogens with zero attached hydrogens (tertiary/aromatic N) is 1. The SMILES string of the molecule is COC(=O)CC(O)C(O)c1cnc(C(=O)O)c(N)c1. The van der Waals surface area contributed by atoms with Gasteiger partial charge in [0.15, 0.2) is 5.69 Å². The molecule has 0 saturated heterocycles. The van der Waals surface area contributed by atoms with Gasteiger partial charge >= 0.3 is 11.9 Å². The van der Waals surface area contributed by atoms with Crippen molar-refractivity contribution < 1.29 is 29.6 Å². The van der Waals surface area contributed by atoms with Crippen LogP contribution in [-0.4, -0.2) is 45.5 Å². The number of aromatic nitrogens is 1. The van der Waals surface area contributed by atoms with Crippen molar-refractivity contribution in [1.29, 1.82) is 0 Å². The molecule has 0 saturated carbocycles. The molecule has 0 fully saturated rings. The van der Waals surface area contributed by atoms with Crippen LogP contribution in [-0.2, 0) is 9.53 Å². The van der Waals surface area contributed by atoms with E-state index in [1.54, 1.807) is 0 Å². The molecular weight excluding hydrogens is 256 g/mol. The Bertz CT molecular complexity index is 490. The number of pyridine rings is 1. The van der Waals surface area contributed by atoms with Crippen molar-refractivity contribution in [3.05, 3.63) is 23.5 Å². The quantitative estimate of drug-likeness (QED) is 0.515. The lowest BCUT2D eigenvalue weighted by atomic mass is 10.0. The van der Waals surface area contributed by atoms with Crippen LogP contribution >= 0.6 is 0 Å². The van der Waals surface area contributed by atoms with Crippen LogP contribution in [0.15, 0.2) is 12.3 Å². The van der Waals surface area contributed by atoms with Crippen LogP contribution in [0.4, 0.5) is 5.69 Å². The van der Waals surface area contributed by atoms with E-state index in [0.29, 0.717) is 0 Å². The molecule has 0 spiro atoms. The molecule has 0 bridgehead atoms. The lowest BCUT2D eigenvalue weighted by molar-refractivity contribution is -0.144. The van der Waals surface area contributed by atoms with Crippen molar-refractivity contribution in [3.63, 3.8) is 0 Å². The number of aliphatic hydroxyl groups excluding tert-OH is 2. The van der Waals surface area contributed by atoms with E-state index in [2.05, 4.69) is 9.72 Å². The molecule has 0 aromatic carbocycles. The predicted molar refractivity (Wildman–Crippen MR) is 63.2 cm³/mol. The fraction of sp³-hybridized carbons (Fsp3) is 0.364. The second-order valence-corrected chi connectivity index (χ2v) is 3.80. The summed E-state index contributed by atoms with van der Waals surface area (Å²) >= 11 is 0. The third-order valence-corrected chi connectivity index (χ3v) is 2.45. The van der Waals surface area contributed by atoms with Gasteiger partial charge in [0, 0.05) is 11.8 Å². The van der Waals surface area contributed by atoms with Crippen molar-refractivity contribution in [3.8, 4) is 0 Å². The predicted octanol–water partition coefficient (Wildman–Crippen LogP) is -0.681. The molecule has 8 nitrogen and oxygen atoms in total. The number of nitrogens with two attached hydrogens (primary N) is 1. The number of carboxylic acids is 1. The van der Waals surface area contributed by atoms with E-state index in [1.807, 2.05) is 0 Å². The van der Waals surface area contributed by atoms with Crippen LogP contribution in [0.25, 0.3) is 0 Å². The van der Waals surface area contributed by atoms with Crippen LogP contribution < -0.4 is 5.73 Å². The number of esters is 1. The van der Waals surface area contributed by atoms with Gasteiger partial charge in [-0.05, 0) is 6.07 Å². The summed E-state index contributed by atoms with van der Waals surface area (Å²) in [5, 5.41) is 28.1. The van der Waals surface area contributed by atoms with Gasteiger partial charge in [-0.3, -0.25) is 4.79 Å². The molecule has 2 atom stereocenters. The molecule has 1 aromatic rings. The molecule has 2 unspecified atom stereocenters. The lowest BCUT2D eigenvalue weighted by Crippen LogP contribution is -2.23. The Hall–Kier alpha value is -2.19. The maximum absolute atomic E-state index is 11.0. The largest absolute Gasteiger partial charge is 0.476 e. The van der Waals surface area contributed by atoms with E-state index < -0.39 is 30.6 Å². The van der Waals surface area contributed by atoms with Gasteiger partial charge in [0.05, 0.1) is 25.3 Å². The first kappa shape index (κ1) is 14.9. The molecule has 19 heavy (non-hydrogen) atoms. The highest BCUT2D eigenvalue weighted by Gasteiger charge is 2.23. The Kier molecular flexibility index (Phi) is 4.79. The smallest absolute Gasteiger partial charge is 0.356 e. The number of aromatic carboxylic acids is 1. The van der Waals surface area contributed by atoms with Crippen LogP contribution in [0.3, 0.4) is 0 Å². The molecule has 104 valence electrons. The van der Waals surface area contributed by atoms with Gasteiger partial charge in [0.25, 0.3) is 0 Å². The third kappa shape index (κ3) is 3.63. The van der Waals surface area contributed by atoms with Crippen LogP contribution in [0.1, 0.15) is 28.6 Å². The number of methoxy groups -OCH3 is 1. The van der Waals surface area contributed by atoms with E-state index in [9.17, 15) is 19.8 Å². The van der Waals surface area contributed by atoms with Crippen molar-refractivity contribution in [2.45, 2.75) is 18.6 Å². The summed E-state index contributed by atoms with van der Waals surface area (Å²) in [5.41, 5.74) is 5.08. The number of ether oxygens (including phenoxy) is 1. The minimum Gasteiger partial charge on any atom is -0.476 e. The summed E-state index contributed by atoms with van der Waals surface area (Å²) < 4.78 is 4.35. The Morgan fingerprint density at radius 2 is 2.11 bits per heavy atom. The standard InChI is InChI=1S/C11H14N2O6/c1-19-8(15)3-7(14)10(16)5-2-6(12)9(11(17)18)13-4-5/h2,4,7,10,14,16H,3,12H2,1H3,(H,17,18). The van der Waals surface area contributed by atoms with E-state index >= 15 is 0 Å². The zero-order chi connectivity index (χ0) is 14.6. The molecule has 0 aliphatic rings. The number of hydrogen-bond donors (Lipinski definition) is 4. The Morgan fingerprint density at radius 3 is 2.58 bits per heavy atom. The summed E-state index contributed by atoms with van der Waals surface area (Å²) in [7, 11) is 1.16. The summed E-state index contributed by atoms with van der Waals surface area (Å²) in [6.07, 6.45) is -2.15. The first-order valence-corrected chi connectivity index (χ1v) is 5.28. The molecule has 1 rings (SSSR count). The number of carbonyl (C=O) groups excluding carboxylic acids is 1. The minimum absolute atomic E-state index is 0.110. The van der Waals surface area contributed by atoms with Crippen molar-refractivity contribution in [1.82, 2.24) is 4.98 Å². The van der Waals surface area contributed by atoms with Gasteiger partial charge < -0.3 is 25.8 Å². The second kappa shape index (κ2) is 6.12. The molecule has 0 amide bonds. The van der Waals surface area contributed by atoms with Crippen LogP contribution in [0, 0.1) is 0 Å². The summed E-state index contributed by atoms with van der Waals surface area (Å²) in [4.78, 5) is 25.2. The molecule has 1 heterocycles. The molecule has 0 aliphatic carbocycles. The van der Waals surface area contributed by atoms with Gasteiger partial charge in [-0.25, -0.2) is 9.78 Å². The highest BCUT2D eigenvalue weighted by Crippen LogP contribution is 2.22. The number of hydrogen-bond acceptors (Lipinski definition) is 7. The summed E-state index contributed by atoms with van der Waals surface area (Å²) in [5.74, 6) is -1.98. The average Bonchev–Trinajstić information content (AvgIpc) is 2.36. The summed E-state index contributed by atoms with van der Waals surface area (Å²) in [6.45, 7) is 0. The lowest BCUT2D eigenvalue weighted by Gasteiger charge is -2.17. The number of nitrogen functional groups attached to an aromatic ring is 1. The monoisotopic (exact) mass is 270 g/mol. The molecule has 0 aliphatic heterocycles. The van der Waals surface area contributed by atoms with Crippen LogP contribution in [0.2, 0.25) is 0 Å². The topological polar surface area (TPSA) is 143 Å². The van der Waals surface area contributed by atoms with Gasteiger partial charge in [-0.1, -0.05) is 0 Å². The second-order valence-electron chi connectivity index (χ2n) is 3.80. The van der Waals surface area contributed by atoms with Gasteiger partial charge in [0.2, 0.25) is 0 Å². The van der Waals surface area contributed by atoms with Gasteiger partial charge in [-0.2, -0.15) is 0 Å². The zero-order valence-electron chi connectivity index (χ0n) is 10.1. The fourth-order valence-corrected chi connectivity index (χ4v) is 1.43. The number of carboxylic acid groups (broad SMARTS) is 1. The van der Waals surface area contributed by atoms with E-state index in [0.717, 1.165) is 13.3 Å². The molecule has 5 N–H and O–H groups in total. The van der Waals surface area contributed by atoms with Gasteiger partial charge in [-0.15, -0.1) is 0 Å². The molecule has 0 radical (unpaired) electrons. The molecular formula is C11H14N2O6. The highest BCUT2D eigenvalue weighted by molar-refractivity contribution is 5.91. The van der Waals surface area contributed by atoms with Crippen molar-refractivity contribution in [2.24, 2.45) is 0 Å². The fourth-order valence-electron chi connectivity index (χ4n) is 1.43. The first-order valence-electron chi connectivity index (χ1n) is 5.28. The number of rotatable bonds is 5. The normalized spacial score (nSPS) is 13.6. The third-order valence-electron chi connectivity index (χ3n) is 2.45. The molecule has 1 aromatic heterocycles. The van der Waals surface area contributed by atoms with Crippen molar-refractivity contribution in [2.75, 3.05) is 12.8 Å². The Balaban J connectivity index is 2.88. The van der Waals surface area contributed by atoms with E-state index in [-0.39, 0.29) is 16.9 Å². The van der Waals surface area contributed by atoms with Gasteiger partial charge in [0.1, 0.15) is 6.10 Å². The number of aliphatic hydroxyl groups is 2. The van der Waals surface area contributed by atoms with Crippen LogP contribution in [0.5, 0.6) is 0 Å². The average molecular weight is 270 g/mol. The maximum Gasteiger partial charge on any atom is 0.356 e. The highest BCUT2D eigenvalue weighted by atomic mass is 16.5. The maximum atomic E-state index is 11.0. The molecule has 8 heteroatoms. The van der Waals surface area contributed by atoms with E-state index in [1.165, 1.54) is 6.07 Å².